The number of carbonyl (C=O) groups is 1. The minimum absolute atomic E-state index is 0. The van der Waals surface area contributed by atoms with Gasteiger partial charge in [-0.25, -0.2) is 4.39 Å². The molecule has 1 amide bonds. The van der Waals surface area contributed by atoms with Crippen LogP contribution in [-0.2, 0) is 16.1 Å². The Hall–Kier alpha value is -2.40. The van der Waals surface area contributed by atoms with Crippen LogP contribution in [-0.4, -0.2) is 51.8 Å². The average Bonchev–Trinajstić information content (AvgIpc) is 2.79. The maximum absolute atomic E-state index is 14.6. The lowest BCUT2D eigenvalue weighted by Gasteiger charge is -2.29. The Morgan fingerprint density at radius 2 is 2.00 bits per heavy atom. The Bertz CT molecular complexity index is 965. The molecule has 0 aliphatic carbocycles. The van der Waals surface area contributed by atoms with E-state index in [-0.39, 0.29) is 41.6 Å². The first kappa shape index (κ1) is 24.2. The highest BCUT2D eigenvalue weighted by Crippen LogP contribution is 2.31. The number of para-hydroxylation sites is 1. The molecule has 2 aliphatic rings. The normalized spacial score (nSPS) is 18.3. The van der Waals surface area contributed by atoms with Crippen LogP contribution in [0.15, 0.2) is 47.5 Å². The fourth-order valence-corrected chi connectivity index (χ4v) is 4.03. The Balaban J connectivity index is 0.00000289. The number of morpholine rings is 1. The predicted molar refractivity (Wildman–Crippen MR) is 135 cm³/mol. The average molecular weight is 553 g/mol. The van der Waals surface area contributed by atoms with Crippen molar-refractivity contribution in [2.75, 3.05) is 50.1 Å². The number of nitrogens with one attached hydrogen (secondary N) is 3. The van der Waals surface area contributed by atoms with Gasteiger partial charge >= 0.3 is 0 Å². The molecule has 3 N–H and O–H groups in total. The molecule has 0 aromatic heterocycles. The van der Waals surface area contributed by atoms with Crippen LogP contribution in [0.3, 0.4) is 0 Å². The van der Waals surface area contributed by atoms with Gasteiger partial charge in [0.15, 0.2) is 5.96 Å². The zero-order valence-corrected chi connectivity index (χ0v) is 20.4. The van der Waals surface area contributed by atoms with Crippen molar-refractivity contribution in [3.63, 3.8) is 0 Å². The number of ether oxygens (including phenoxy) is 1. The van der Waals surface area contributed by atoms with Gasteiger partial charge in [-0.15, -0.1) is 24.0 Å². The Kier molecular flexibility index (Phi) is 8.68. The predicted octanol–water partition coefficient (Wildman–Crippen LogP) is 3.07. The molecule has 2 aromatic rings. The Morgan fingerprint density at radius 1 is 1.22 bits per heavy atom. The van der Waals surface area contributed by atoms with Gasteiger partial charge in [-0.1, -0.05) is 24.3 Å². The molecule has 4 rings (SSSR count). The summed E-state index contributed by atoms with van der Waals surface area (Å²) in [7, 11) is 1.69. The lowest BCUT2D eigenvalue weighted by atomic mass is 9.90. The molecule has 9 heteroatoms. The number of aliphatic imine (C=N–C) groups is 1. The van der Waals surface area contributed by atoms with Crippen LogP contribution in [0.25, 0.3) is 0 Å². The van der Waals surface area contributed by atoms with Crippen LogP contribution in [0.1, 0.15) is 23.5 Å². The first-order valence-electron chi connectivity index (χ1n) is 10.6. The second kappa shape index (κ2) is 11.5. The quantitative estimate of drug-likeness (QED) is 0.302. The molecule has 172 valence electrons. The van der Waals surface area contributed by atoms with Crippen LogP contribution < -0.4 is 20.9 Å². The van der Waals surface area contributed by atoms with Crippen molar-refractivity contribution in [1.29, 1.82) is 0 Å². The first-order chi connectivity index (χ1) is 15.1. The summed E-state index contributed by atoms with van der Waals surface area (Å²) in [6.45, 7) is 3.67. The van der Waals surface area contributed by atoms with Gasteiger partial charge in [0.2, 0.25) is 5.91 Å². The SMILES string of the molecule is CN=C(NCc1ccc(N2CCOCC2)c(F)c1)NCC1CC(=O)Nc2ccccc21.I. The van der Waals surface area contributed by atoms with Crippen LogP contribution in [0.2, 0.25) is 0 Å². The summed E-state index contributed by atoms with van der Waals surface area (Å²) in [6, 6.07) is 13.2. The summed E-state index contributed by atoms with van der Waals surface area (Å²) < 4.78 is 20.0. The molecule has 1 fully saturated rings. The monoisotopic (exact) mass is 553 g/mol. The minimum atomic E-state index is -0.228. The third-order valence-corrected chi connectivity index (χ3v) is 5.67. The molecule has 0 saturated carbocycles. The maximum Gasteiger partial charge on any atom is 0.225 e. The first-order valence-corrected chi connectivity index (χ1v) is 10.6. The number of rotatable bonds is 5. The summed E-state index contributed by atoms with van der Waals surface area (Å²) >= 11 is 0. The molecule has 0 bridgehead atoms. The highest BCUT2D eigenvalue weighted by atomic mass is 127. The smallest absolute Gasteiger partial charge is 0.225 e. The number of fused-ring (bicyclic) bond motifs is 1. The molecule has 7 nitrogen and oxygen atoms in total. The summed E-state index contributed by atoms with van der Waals surface area (Å²) in [5.74, 6) is 0.466. The molecular weight excluding hydrogens is 524 g/mol. The lowest BCUT2D eigenvalue weighted by Crippen LogP contribution is -2.40. The van der Waals surface area contributed by atoms with Crippen LogP contribution in [0.4, 0.5) is 15.8 Å². The molecule has 2 aromatic carbocycles. The topological polar surface area (TPSA) is 78.0 Å². The molecule has 0 radical (unpaired) electrons. The molecule has 32 heavy (non-hydrogen) atoms. The van der Waals surface area contributed by atoms with E-state index in [1.807, 2.05) is 41.3 Å². The number of guanidine groups is 1. The van der Waals surface area contributed by atoms with Crippen molar-refractivity contribution in [2.24, 2.45) is 4.99 Å². The molecule has 2 heterocycles. The fraction of sp³-hybridized carbons (Fsp3) is 0.391. The van der Waals surface area contributed by atoms with Crippen molar-refractivity contribution in [3.05, 3.63) is 59.4 Å². The second-order valence-electron chi connectivity index (χ2n) is 7.73. The fourth-order valence-electron chi connectivity index (χ4n) is 4.03. The van der Waals surface area contributed by atoms with Gasteiger partial charge in [-0.2, -0.15) is 0 Å². The van der Waals surface area contributed by atoms with E-state index >= 15 is 0 Å². The van der Waals surface area contributed by atoms with Gasteiger partial charge in [0.25, 0.3) is 0 Å². The van der Waals surface area contributed by atoms with E-state index in [1.165, 1.54) is 0 Å². The van der Waals surface area contributed by atoms with Crippen molar-refractivity contribution in [2.45, 2.75) is 18.9 Å². The molecule has 1 saturated heterocycles. The third kappa shape index (κ3) is 5.89. The third-order valence-electron chi connectivity index (χ3n) is 5.67. The number of nitrogens with zero attached hydrogens (tertiary/aromatic N) is 2. The van der Waals surface area contributed by atoms with Crippen molar-refractivity contribution in [3.8, 4) is 0 Å². The number of hydrogen-bond acceptors (Lipinski definition) is 4. The molecular formula is C23H29FIN5O2. The van der Waals surface area contributed by atoms with Gasteiger partial charge in [-0.3, -0.25) is 9.79 Å². The van der Waals surface area contributed by atoms with Gasteiger partial charge < -0.3 is 25.6 Å². The lowest BCUT2D eigenvalue weighted by molar-refractivity contribution is -0.116. The van der Waals surface area contributed by atoms with Gasteiger partial charge in [0.1, 0.15) is 5.82 Å². The van der Waals surface area contributed by atoms with Gasteiger partial charge in [-0.05, 0) is 29.3 Å². The van der Waals surface area contributed by atoms with E-state index in [0.717, 1.165) is 16.8 Å². The molecule has 1 atom stereocenters. The molecule has 2 aliphatic heterocycles. The van der Waals surface area contributed by atoms with E-state index in [4.69, 9.17) is 4.74 Å². The van der Waals surface area contributed by atoms with E-state index in [0.29, 0.717) is 57.5 Å². The number of halogens is 2. The second-order valence-corrected chi connectivity index (χ2v) is 7.73. The summed E-state index contributed by atoms with van der Waals surface area (Å²) in [4.78, 5) is 18.3. The van der Waals surface area contributed by atoms with Crippen molar-refractivity contribution in [1.82, 2.24) is 10.6 Å². The number of benzene rings is 2. The zero-order chi connectivity index (χ0) is 21.6. The summed E-state index contributed by atoms with van der Waals surface area (Å²) in [5.41, 5.74) is 3.43. The highest BCUT2D eigenvalue weighted by Gasteiger charge is 2.24. The molecule has 1 unspecified atom stereocenters. The van der Waals surface area contributed by atoms with E-state index in [2.05, 4.69) is 20.9 Å². The minimum Gasteiger partial charge on any atom is -0.378 e. The van der Waals surface area contributed by atoms with Gasteiger partial charge in [0.05, 0.1) is 18.9 Å². The number of amides is 1. The number of anilines is 2. The van der Waals surface area contributed by atoms with Crippen molar-refractivity contribution < 1.29 is 13.9 Å². The van der Waals surface area contributed by atoms with Crippen LogP contribution in [0.5, 0.6) is 0 Å². The van der Waals surface area contributed by atoms with E-state index in [9.17, 15) is 9.18 Å². The zero-order valence-electron chi connectivity index (χ0n) is 18.1. The Labute approximate surface area is 204 Å². The van der Waals surface area contributed by atoms with Crippen molar-refractivity contribution >= 4 is 47.2 Å². The summed E-state index contributed by atoms with van der Waals surface area (Å²) in [6.07, 6.45) is 0.426. The standard InChI is InChI=1S/C23H28FN5O2.HI/c1-25-23(27-15-17-13-22(30)28-20-5-3-2-4-18(17)20)26-14-16-6-7-21(19(24)12-16)29-8-10-31-11-9-29;/h2-7,12,17H,8-11,13-15H2,1H3,(H,28,30)(H2,25,26,27);1H. The largest absolute Gasteiger partial charge is 0.378 e. The number of carbonyl (C=O) groups excluding carboxylic acids is 1. The van der Waals surface area contributed by atoms with Gasteiger partial charge in [0, 0.05) is 51.3 Å². The van der Waals surface area contributed by atoms with E-state index in [1.54, 1.807) is 13.1 Å². The highest BCUT2D eigenvalue weighted by molar-refractivity contribution is 14.0. The maximum atomic E-state index is 14.6. The van der Waals surface area contributed by atoms with E-state index < -0.39 is 0 Å². The summed E-state index contributed by atoms with van der Waals surface area (Å²) in [5, 5.41) is 9.43. The molecule has 0 spiro atoms. The Morgan fingerprint density at radius 3 is 2.75 bits per heavy atom. The van der Waals surface area contributed by atoms with Crippen LogP contribution in [0, 0.1) is 5.82 Å². The number of hydrogen-bond donors (Lipinski definition) is 3. The van der Waals surface area contributed by atoms with Crippen LogP contribution >= 0.6 is 24.0 Å².